The van der Waals surface area contributed by atoms with Crippen molar-refractivity contribution in [1.29, 1.82) is 0 Å². The van der Waals surface area contributed by atoms with Gasteiger partial charge in [0.05, 0.1) is 4.92 Å². The number of nitrogens with one attached hydrogen (secondary N) is 1. The fourth-order valence-electron chi connectivity index (χ4n) is 1.79. The van der Waals surface area contributed by atoms with Gasteiger partial charge in [-0.3, -0.25) is 14.9 Å². The standard InChI is InChI=1S/C16H12N2O5/c19-15(12-4-2-1-3-5-12)17-14(16(20)21)10-11-6-8-13(9-7-11)18(22)23/h1-10H,(H,17,19)(H,20,21)/b14-10+. The number of benzene rings is 2. The molecule has 0 bridgehead atoms. The van der Waals surface area contributed by atoms with E-state index < -0.39 is 16.8 Å². The molecule has 116 valence electrons. The van der Waals surface area contributed by atoms with E-state index in [4.69, 9.17) is 0 Å². The Kier molecular flexibility index (Phi) is 4.83. The third-order valence-corrected chi connectivity index (χ3v) is 2.93. The van der Waals surface area contributed by atoms with E-state index in [-0.39, 0.29) is 11.4 Å². The quantitative estimate of drug-likeness (QED) is 0.500. The van der Waals surface area contributed by atoms with Crippen molar-refractivity contribution in [2.24, 2.45) is 0 Å². The molecule has 2 rings (SSSR count). The Balaban J connectivity index is 2.22. The van der Waals surface area contributed by atoms with Gasteiger partial charge >= 0.3 is 5.97 Å². The molecule has 23 heavy (non-hydrogen) atoms. The number of nitrogens with zero attached hydrogens (tertiary/aromatic N) is 1. The first-order valence-corrected chi connectivity index (χ1v) is 6.53. The number of hydrogen-bond donors (Lipinski definition) is 2. The largest absolute Gasteiger partial charge is 0.477 e. The van der Waals surface area contributed by atoms with Crippen LogP contribution < -0.4 is 5.32 Å². The van der Waals surface area contributed by atoms with E-state index in [1.54, 1.807) is 30.3 Å². The average Bonchev–Trinajstić information content (AvgIpc) is 2.55. The Morgan fingerprint density at radius 2 is 1.65 bits per heavy atom. The zero-order valence-corrected chi connectivity index (χ0v) is 11.8. The van der Waals surface area contributed by atoms with Crippen molar-refractivity contribution < 1.29 is 19.6 Å². The van der Waals surface area contributed by atoms with E-state index in [9.17, 15) is 24.8 Å². The molecular weight excluding hydrogens is 300 g/mol. The van der Waals surface area contributed by atoms with Crippen molar-refractivity contribution in [2.75, 3.05) is 0 Å². The first kappa shape index (κ1) is 15.9. The van der Waals surface area contributed by atoms with Gasteiger partial charge in [-0.2, -0.15) is 0 Å². The van der Waals surface area contributed by atoms with E-state index in [1.165, 1.54) is 30.3 Å². The summed E-state index contributed by atoms with van der Waals surface area (Å²) in [5.74, 6) is -1.87. The van der Waals surface area contributed by atoms with Gasteiger partial charge in [-0.05, 0) is 35.9 Å². The fourth-order valence-corrected chi connectivity index (χ4v) is 1.79. The first-order valence-electron chi connectivity index (χ1n) is 6.53. The molecule has 0 aliphatic heterocycles. The maximum Gasteiger partial charge on any atom is 0.352 e. The van der Waals surface area contributed by atoms with Crippen molar-refractivity contribution in [3.63, 3.8) is 0 Å². The number of carbonyl (C=O) groups is 2. The van der Waals surface area contributed by atoms with Crippen molar-refractivity contribution in [3.8, 4) is 0 Å². The molecular formula is C16H12N2O5. The molecule has 0 saturated heterocycles. The molecule has 0 aliphatic rings. The number of non-ortho nitro benzene ring substituents is 1. The molecule has 2 aromatic carbocycles. The molecule has 0 atom stereocenters. The highest BCUT2D eigenvalue weighted by Gasteiger charge is 2.13. The SMILES string of the molecule is O=C(O)/C(=C\c1ccc([N+](=O)[O-])cc1)NC(=O)c1ccccc1. The lowest BCUT2D eigenvalue weighted by molar-refractivity contribution is -0.384. The minimum atomic E-state index is -1.31. The third-order valence-electron chi connectivity index (χ3n) is 2.93. The van der Waals surface area contributed by atoms with Gasteiger partial charge < -0.3 is 10.4 Å². The number of amides is 1. The second-order valence-electron chi connectivity index (χ2n) is 4.53. The second-order valence-corrected chi connectivity index (χ2v) is 4.53. The molecule has 2 N–H and O–H groups in total. The lowest BCUT2D eigenvalue weighted by Crippen LogP contribution is -2.27. The molecule has 1 amide bonds. The molecule has 7 heteroatoms. The van der Waals surface area contributed by atoms with Gasteiger partial charge in [-0.25, -0.2) is 4.79 Å². The number of carboxylic acids is 1. The molecule has 0 fully saturated rings. The van der Waals surface area contributed by atoms with Gasteiger partial charge in [0.15, 0.2) is 0 Å². The molecule has 2 aromatic rings. The summed E-state index contributed by atoms with van der Waals surface area (Å²) in [4.78, 5) is 33.3. The normalized spacial score (nSPS) is 10.9. The van der Waals surface area contributed by atoms with Crippen LogP contribution in [0.25, 0.3) is 6.08 Å². The predicted molar refractivity (Wildman–Crippen MR) is 82.6 cm³/mol. The van der Waals surface area contributed by atoms with E-state index >= 15 is 0 Å². The summed E-state index contributed by atoms with van der Waals surface area (Å²) in [6, 6.07) is 13.5. The topological polar surface area (TPSA) is 110 Å². The summed E-state index contributed by atoms with van der Waals surface area (Å²) in [5, 5.41) is 22.1. The van der Waals surface area contributed by atoms with Crippen LogP contribution in [0.5, 0.6) is 0 Å². The maximum atomic E-state index is 12.0. The predicted octanol–water partition coefficient (Wildman–Crippen LogP) is 2.45. The fraction of sp³-hybridized carbons (Fsp3) is 0. The van der Waals surface area contributed by atoms with Crippen LogP contribution in [0.3, 0.4) is 0 Å². The summed E-state index contributed by atoms with van der Waals surface area (Å²) in [6.45, 7) is 0. The minimum absolute atomic E-state index is 0.104. The van der Waals surface area contributed by atoms with Crippen molar-refractivity contribution in [3.05, 3.63) is 81.5 Å². The van der Waals surface area contributed by atoms with Crippen molar-refractivity contribution in [1.82, 2.24) is 5.32 Å². The van der Waals surface area contributed by atoms with Crippen LogP contribution in [0.1, 0.15) is 15.9 Å². The molecule has 0 aromatic heterocycles. The van der Waals surface area contributed by atoms with E-state index in [1.807, 2.05) is 0 Å². The molecule has 0 aliphatic carbocycles. The van der Waals surface area contributed by atoms with Crippen LogP contribution in [-0.2, 0) is 4.79 Å². The Morgan fingerprint density at radius 1 is 1.04 bits per heavy atom. The highest BCUT2D eigenvalue weighted by atomic mass is 16.6. The molecule has 0 spiro atoms. The van der Waals surface area contributed by atoms with Gasteiger partial charge in [0.25, 0.3) is 11.6 Å². The molecule has 7 nitrogen and oxygen atoms in total. The summed E-state index contributed by atoms with van der Waals surface area (Å²) in [5.41, 5.74) is 0.310. The number of nitro groups is 1. The van der Waals surface area contributed by atoms with Gasteiger partial charge in [-0.1, -0.05) is 18.2 Å². The Bertz CT molecular complexity index is 767. The summed E-state index contributed by atoms with van der Waals surface area (Å²) >= 11 is 0. The molecule has 0 radical (unpaired) electrons. The van der Waals surface area contributed by atoms with Gasteiger partial charge in [0.1, 0.15) is 5.70 Å². The zero-order chi connectivity index (χ0) is 16.8. The Morgan fingerprint density at radius 3 is 2.17 bits per heavy atom. The van der Waals surface area contributed by atoms with Gasteiger partial charge in [0.2, 0.25) is 0 Å². The van der Waals surface area contributed by atoms with Crippen LogP contribution in [0.2, 0.25) is 0 Å². The second kappa shape index (κ2) is 6.99. The highest BCUT2D eigenvalue weighted by molar-refractivity contribution is 6.02. The number of hydrogen-bond acceptors (Lipinski definition) is 4. The maximum absolute atomic E-state index is 12.0. The monoisotopic (exact) mass is 312 g/mol. The van der Waals surface area contributed by atoms with E-state index in [0.29, 0.717) is 11.1 Å². The number of carbonyl (C=O) groups excluding carboxylic acids is 1. The number of nitro benzene ring substituents is 1. The zero-order valence-electron chi connectivity index (χ0n) is 11.8. The van der Waals surface area contributed by atoms with Gasteiger partial charge in [-0.15, -0.1) is 0 Å². The third kappa shape index (κ3) is 4.24. The Labute approximate surface area is 131 Å². The van der Waals surface area contributed by atoms with Crippen LogP contribution in [0.15, 0.2) is 60.3 Å². The van der Waals surface area contributed by atoms with Crippen molar-refractivity contribution >= 4 is 23.6 Å². The van der Waals surface area contributed by atoms with Crippen LogP contribution in [-0.4, -0.2) is 21.9 Å². The van der Waals surface area contributed by atoms with E-state index in [2.05, 4.69) is 5.32 Å². The highest BCUT2D eigenvalue weighted by Crippen LogP contribution is 2.14. The number of aliphatic carboxylic acids is 1. The lowest BCUT2D eigenvalue weighted by Gasteiger charge is -2.06. The first-order chi connectivity index (χ1) is 11.0. The molecule has 0 unspecified atom stereocenters. The van der Waals surface area contributed by atoms with E-state index in [0.717, 1.165) is 0 Å². The van der Waals surface area contributed by atoms with Crippen LogP contribution >= 0.6 is 0 Å². The number of rotatable bonds is 5. The minimum Gasteiger partial charge on any atom is -0.477 e. The Hall–Kier alpha value is -3.48. The van der Waals surface area contributed by atoms with Crippen LogP contribution in [0.4, 0.5) is 5.69 Å². The lowest BCUT2D eigenvalue weighted by atomic mass is 10.1. The average molecular weight is 312 g/mol. The summed E-state index contributed by atoms with van der Waals surface area (Å²) in [6.07, 6.45) is 1.23. The smallest absolute Gasteiger partial charge is 0.352 e. The summed E-state index contributed by atoms with van der Waals surface area (Å²) in [7, 11) is 0. The van der Waals surface area contributed by atoms with Gasteiger partial charge in [0, 0.05) is 17.7 Å². The molecule has 0 saturated carbocycles. The number of carboxylic acid groups (broad SMARTS) is 1. The van der Waals surface area contributed by atoms with Crippen LogP contribution in [0, 0.1) is 10.1 Å². The van der Waals surface area contributed by atoms with Crippen molar-refractivity contribution in [2.45, 2.75) is 0 Å². The molecule has 0 heterocycles. The summed E-state index contributed by atoms with van der Waals surface area (Å²) < 4.78 is 0.